The normalized spacial score (nSPS) is 12.9. The summed E-state index contributed by atoms with van der Waals surface area (Å²) in [6.07, 6.45) is 1.17. The Morgan fingerprint density at radius 1 is 1.00 bits per heavy atom. The van der Waals surface area contributed by atoms with Gasteiger partial charge in [0.1, 0.15) is 11.8 Å². The standard InChI is InChI=1S/C32H38BrClN2O3/c1-6-22(2)35-31(38)28(18-23-10-8-7-9-11-23)36(20-24-12-15-26(34)16-13-24)30(37)21-39-29-17-14-25(19-27(29)33)32(3,4)5/h7-17,19,22,28H,6,18,20-21H2,1-5H3,(H,35,38)/t22-,28+/m1/s1. The molecular formula is C32H38BrClN2O3. The maximum absolute atomic E-state index is 13.8. The number of rotatable bonds is 11. The topological polar surface area (TPSA) is 58.6 Å². The minimum absolute atomic E-state index is 0.0140. The zero-order valence-corrected chi connectivity index (χ0v) is 25.7. The molecule has 0 unspecified atom stereocenters. The molecule has 0 aliphatic carbocycles. The van der Waals surface area contributed by atoms with Gasteiger partial charge in [-0.05, 0) is 75.6 Å². The Labute approximate surface area is 246 Å². The third-order valence-electron chi connectivity index (χ3n) is 6.69. The van der Waals surface area contributed by atoms with Crippen molar-refractivity contribution in [1.82, 2.24) is 10.2 Å². The van der Waals surface area contributed by atoms with E-state index in [1.807, 2.05) is 74.5 Å². The van der Waals surface area contributed by atoms with E-state index >= 15 is 0 Å². The van der Waals surface area contributed by atoms with Crippen molar-refractivity contribution >= 4 is 39.3 Å². The van der Waals surface area contributed by atoms with Crippen LogP contribution in [0.4, 0.5) is 0 Å². The Bertz CT molecular complexity index is 1240. The molecule has 3 aromatic carbocycles. The van der Waals surface area contributed by atoms with E-state index in [2.05, 4.69) is 42.0 Å². The van der Waals surface area contributed by atoms with E-state index in [4.69, 9.17) is 16.3 Å². The van der Waals surface area contributed by atoms with Gasteiger partial charge in [-0.1, -0.05) is 87.8 Å². The second-order valence-corrected chi connectivity index (χ2v) is 12.1. The van der Waals surface area contributed by atoms with Gasteiger partial charge in [-0.25, -0.2) is 0 Å². The number of hydrogen-bond donors (Lipinski definition) is 1. The first-order valence-corrected chi connectivity index (χ1v) is 14.5. The van der Waals surface area contributed by atoms with Gasteiger partial charge >= 0.3 is 0 Å². The number of halogens is 2. The highest BCUT2D eigenvalue weighted by Gasteiger charge is 2.31. The van der Waals surface area contributed by atoms with Crippen LogP contribution in [0.5, 0.6) is 5.75 Å². The van der Waals surface area contributed by atoms with Gasteiger partial charge in [-0.15, -0.1) is 0 Å². The second kappa shape index (κ2) is 14.0. The average molecular weight is 614 g/mol. The summed E-state index contributed by atoms with van der Waals surface area (Å²) >= 11 is 9.70. The maximum atomic E-state index is 13.8. The van der Waals surface area contributed by atoms with Crippen LogP contribution in [-0.4, -0.2) is 35.4 Å². The van der Waals surface area contributed by atoms with E-state index in [9.17, 15) is 9.59 Å². The molecule has 0 spiro atoms. The Balaban J connectivity index is 1.91. The fraction of sp³-hybridized carbons (Fsp3) is 0.375. The summed E-state index contributed by atoms with van der Waals surface area (Å²) in [5.41, 5.74) is 2.98. The van der Waals surface area contributed by atoms with E-state index in [0.717, 1.165) is 27.6 Å². The summed E-state index contributed by atoms with van der Waals surface area (Å²) in [6, 6.07) is 22.2. The van der Waals surface area contributed by atoms with Crippen LogP contribution in [0.25, 0.3) is 0 Å². The molecule has 0 radical (unpaired) electrons. The molecule has 3 aromatic rings. The molecule has 2 atom stereocenters. The molecule has 0 bridgehead atoms. The van der Waals surface area contributed by atoms with Gasteiger partial charge in [-0.2, -0.15) is 0 Å². The number of nitrogens with one attached hydrogen (secondary N) is 1. The average Bonchev–Trinajstić information content (AvgIpc) is 2.90. The van der Waals surface area contributed by atoms with Crippen molar-refractivity contribution in [2.45, 2.75) is 71.5 Å². The van der Waals surface area contributed by atoms with Crippen molar-refractivity contribution in [3.05, 3.63) is 99.0 Å². The van der Waals surface area contributed by atoms with E-state index in [-0.39, 0.29) is 36.4 Å². The number of hydrogen-bond acceptors (Lipinski definition) is 3. The predicted octanol–water partition coefficient (Wildman–Crippen LogP) is 7.33. The van der Waals surface area contributed by atoms with Crippen LogP contribution in [0, 0.1) is 0 Å². The first-order valence-electron chi connectivity index (χ1n) is 13.3. The summed E-state index contributed by atoms with van der Waals surface area (Å²) in [6.45, 7) is 10.5. The van der Waals surface area contributed by atoms with Gasteiger partial charge in [0, 0.05) is 24.0 Å². The van der Waals surface area contributed by atoms with Crippen LogP contribution in [0.1, 0.15) is 57.7 Å². The van der Waals surface area contributed by atoms with Gasteiger partial charge in [0.15, 0.2) is 6.61 Å². The molecule has 5 nitrogen and oxygen atoms in total. The van der Waals surface area contributed by atoms with Gasteiger partial charge in [0.25, 0.3) is 5.91 Å². The quantitative estimate of drug-likeness (QED) is 0.246. The third kappa shape index (κ3) is 9.11. The second-order valence-electron chi connectivity index (χ2n) is 10.9. The first kappa shape index (κ1) is 30.7. The highest BCUT2D eigenvalue weighted by Crippen LogP contribution is 2.31. The highest BCUT2D eigenvalue weighted by molar-refractivity contribution is 9.10. The van der Waals surface area contributed by atoms with Crippen LogP contribution in [0.3, 0.4) is 0 Å². The molecule has 0 aromatic heterocycles. The minimum Gasteiger partial charge on any atom is -0.483 e. The molecule has 208 valence electrons. The predicted molar refractivity (Wildman–Crippen MR) is 162 cm³/mol. The number of ether oxygens (including phenoxy) is 1. The molecule has 0 heterocycles. The van der Waals surface area contributed by atoms with Gasteiger partial charge < -0.3 is 15.0 Å². The lowest BCUT2D eigenvalue weighted by Gasteiger charge is -2.32. The third-order valence-corrected chi connectivity index (χ3v) is 7.56. The number of carbonyl (C=O) groups excluding carboxylic acids is 2. The summed E-state index contributed by atoms with van der Waals surface area (Å²) in [5.74, 6) is 0.106. The first-order chi connectivity index (χ1) is 18.5. The largest absolute Gasteiger partial charge is 0.483 e. The van der Waals surface area contributed by atoms with Crippen molar-refractivity contribution < 1.29 is 14.3 Å². The fourth-order valence-corrected chi connectivity index (χ4v) is 4.71. The smallest absolute Gasteiger partial charge is 0.261 e. The Kier molecular flexibility index (Phi) is 11.0. The van der Waals surface area contributed by atoms with Crippen molar-refractivity contribution in [2.75, 3.05) is 6.61 Å². The lowest BCUT2D eigenvalue weighted by molar-refractivity contribution is -0.143. The molecule has 2 amide bonds. The van der Waals surface area contributed by atoms with Crippen LogP contribution in [0.15, 0.2) is 77.3 Å². The summed E-state index contributed by atoms with van der Waals surface area (Å²) in [4.78, 5) is 29.0. The lowest BCUT2D eigenvalue weighted by atomic mass is 9.87. The molecule has 0 saturated carbocycles. The number of nitrogens with zero attached hydrogens (tertiary/aromatic N) is 1. The van der Waals surface area contributed by atoms with Crippen molar-refractivity contribution in [3.8, 4) is 5.75 Å². The van der Waals surface area contributed by atoms with Crippen molar-refractivity contribution in [3.63, 3.8) is 0 Å². The van der Waals surface area contributed by atoms with E-state index < -0.39 is 6.04 Å². The van der Waals surface area contributed by atoms with Gasteiger partial charge in [0.2, 0.25) is 5.91 Å². The fourth-order valence-electron chi connectivity index (χ4n) is 4.09. The number of amides is 2. The summed E-state index contributed by atoms with van der Waals surface area (Å²) in [7, 11) is 0. The van der Waals surface area contributed by atoms with Crippen LogP contribution < -0.4 is 10.1 Å². The SMILES string of the molecule is CC[C@@H](C)NC(=O)[C@H](Cc1ccccc1)N(Cc1ccc(Cl)cc1)C(=O)COc1ccc(C(C)(C)C)cc1Br. The van der Waals surface area contributed by atoms with Gasteiger partial charge in [0.05, 0.1) is 4.47 Å². The van der Waals surface area contributed by atoms with Gasteiger partial charge in [-0.3, -0.25) is 9.59 Å². The molecule has 0 fully saturated rings. The van der Waals surface area contributed by atoms with Crippen LogP contribution in [0.2, 0.25) is 5.02 Å². The Morgan fingerprint density at radius 2 is 1.67 bits per heavy atom. The zero-order valence-electron chi connectivity index (χ0n) is 23.3. The minimum atomic E-state index is -0.722. The maximum Gasteiger partial charge on any atom is 0.261 e. The van der Waals surface area contributed by atoms with E-state index in [0.29, 0.717) is 17.2 Å². The van der Waals surface area contributed by atoms with E-state index in [1.54, 1.807) is 17.0 Å². The summed E-state index contributed by atoms with van der Waals surface area (Å²) < 4.78 is 6.78. The van der Waals surface area contributed by atoms with Crippen molar-refractivity contribution in [1.29, 1.82) is 0 Å². The number of benzene rings is 3. The zero-order chi connectivity index (χ0) is 28.6. The summed E-state index contributed by atoms with van der Waals surface area (Å²) in [5, 5.41) is 3.69. The Hall–Kier alpha value is -2.83. The molecule has 7 heteroatoms. The molecule has 0 saturated heterocycles. The van der Waals surface area contributed by atoms with Crippen LogP contribution >= 0.6 is 27.5 Å². The molecule has 0 aliphatic rings. The molecule has 3 rings (SSSR count). The molecule has 39 heavy (non-hydrogen) atoms. The molecular weight excluding hydrogens is 576 g/mol. The Morgan fingerprint density at radius 3 is 2.26 bits per heavy atom. The molecule has 0 aliphatic heterocycles. The van der Waals surface area contributed by atoms with Crippen LogP contribution in [-0.2, 0) is 28.0 Å². The van der Waals surface area contributed by atoms with Crippen molar-refractivity contribution in [2.24, 2.45) is 0 Å². The molecule has 1 N–H and O–H groups in total. The number of carbonyl (C=O) groups is 2. The van der Waals surface area contributed by atoms with E-state index in [1.165, 1.54) is 0 Å². The lowest BCUT2D eigenvalue weighted by Crippen LogP contribution is -2.53. The monoisotopic (exact) mass is 612 g/mol. The highest BCUT2D eigenvalue weighted by atomic mass is 79.9.